The molecule has 0 amide bonds. The van der Waals surface area contributed by atoms with E-state index in [1.165, 1.54) is 54.8 Å². The molecule has 0 fully saturated rings. The van der Waals surface area contributed by atoms with Gasteiger partial charge in [-0.05, 0) is 67.3 Å². The Morgan fingerprint density at radius 3 is 2.41 bits per heavy atom. The Bertz CT molecular complexity index is 1600. The third-order valence-corrected chi connectivity index (χ3v) is 6.27. The van der Waals surface area contributed by atoms with Crippen LogP contribution in [0.25, 0.3) is 50.7 Å². The van der Waals surface area contributed by atoms with Gasteiger partial charge < -0.3 is 4.40 Å². The maximum Gasteiger partial charge on any atom is 0.0992 e. The van der Waals surface area contributed by atoms with E-state index in [0.717, 1.165) is 10.7 Å². The van der Waals surface area contributed by atoms with Crippen LogP contribution in [0.2, 0.25) is 0 Å². The van der Waals surface area contributed by atoms with Crippen molar-refractivity contribution in [2.24, 2.45) is 0 Å². The lowest BCUT2D eigenvalue weighted by molar-refractivity contribution is 1.26. The van der Waals surface area contributed by atoms with Crippen molar-refractivity contribution in [1.29, 1.82) is 5.26 Å². The minimum absolute atomic E-state index is 0.680. The highest BCUT2D eigenvalue weighted by molar-refractivity contribution is 6.19. The predicted octanol–water partition coefficient (Wildman–Crippen LogP) is 6.36. The first-order valence-corrected chi connectivity index (χ1v) is 9.92. The molecule has 2 heteroatoms. The fourth-order valence-corrected chi connectivity index (χ4v) is 4.91. The number of pyridine rings is 1. The molecule has 0 N–H and O–H groups in total. The lowest BCUT2D eigenvalue weighted by atomic mass is 9.94. The van der Waals surface area contributed by atoms with Crippen LogP contribution in [0.15, 0.2) is 42.5 Å². The van der Waals surface area contributed by atoms with Crippen LogP contribution in [0.4, 0.5) is 0 Å². The third kappa shape index (κ3) is 2.16. The van der Waals surface area contributed by atoms with Gasteiger partial charge in [-0.2, -0.15) is 5.26 Å². The molecular formula is C27H22N2. The van der Waals surface area contributed by atoms with Crippen LogP contribution in [-0.4, -0.2) is 4.40 Å². The highest BCUT2D eigenvalue weighted by atomic mass is 14.9. The molecule has 0 atom stereocenters. The number of aromatic nitrogens is 1. The molecule has 3 aromatic carbocycles. The van der Waals surface area contributed by atoms with E-state index in [1.54, 1.807) is 0 Å². The van der Waals surface area contributed by atoms with E-state index < -0.39 is 0 Å². The molecule has 2 nitrogen and oxygen atoms in total. The number of nitrogens with zero attached hydrogens (tertiary/aromatic N) is 2. The minimum Gasteiger partial charge on any atom is -0.308 e. The molecule has 0 saturated carbocycles. The summed E-state index contributed by atoms with van der Waals surface area (Å²) in [5, 5.41) is 15.4. The van der Waals surface area contributed by atoms with E-state index >= 15 is 0 Å². The van der Waals surface area contributed by atoms with Gasteiger partial charge in [-0.25, -0.2) is 0 Å². The lowest BCUT2D eigenvalue weighted by Gasteiger charge is -2.16. The zero-order valence-corrected chi connectivity index (χ0v) is 17.2. The van der Waals surface area contributed by atoms with E-state index in [-0.39, 0.29) is 0 Å². The number of allylic oxidation sites excluding steroid dienone is 1. The van der Waals surface area contributed by atoms with Crippen LogP contribution in [-0.2, 0) is 0 Å². The SMILES string of the molecule is C=c1c2c(C)c(C)cc(C)c2n2c3cc(C#N)ccc3c3ccc(/C=C\C)c1c32. The Labute approximate surface area is 170 Å². The van der Waals surface area contributed by atoms with Gasteiger partial charge in [-0.3, -0.25) is 0 Å². The van der Waals surface area contributed by atoms with Crippen molar-refractivity contribution in [3.05, 3.63) is 75.5 Å². The number of rotatable bonds is 1. The number of fused-ring (bicyclic) bond motifs is 5. The second-order valence-corrected chi connectivity index (χ2v) is 7.94. The Kier molecular flexibility index (Phi) is 3.60. The molecular weight excluding hydrogens is 352 g/mol. The second-order valence-electron chi connectivity index (χ2n) is 7.94. The lowest BCUT2D eigenvalue weighted by Crippen LogP contribution is -2.11. The Balaban J connectivity index is 2.27. The summed E-state index contributed by atoms with van der Waals surface area (Å²) in [4.78, 5) is 0. The molecule has 0 unspecified atom stereocenters. The monoisotopic (exact) mass is 374 g/mol. The average Bonchev–Trinajstić information content (AvgIpc) is 3.03. The topological polar surface area (TPSA) is 28.2 Å². The van der Waals surface area contributed by atoms with Gasteiger partial charge >= 0.3 is 0 Å². The van der Waals surface area contributed by atoms with E-state index in [2.05, 4.69) is 74.2 Å². The maximum atomic E-state index is 9.51. The summed E-state index contributed by atoms with van der Waals surface area (Å²) in [6, 6.07) is 15.0. The maximum absolute atomic E-state index is 9.51. The summed E-state index contributed by atoms with van der Waals surface area (Å²) >= 11 is 0. The first-order valence-electron chi connectivity index (χ1n) is 9.92. The quantitative estimate of drug-likeness (QED) is 0.314. The highest BCUT2D eigenvalue weighted by Gasteiger charge is 2.19. The Morgan fingerprint density at radius 2 is 1.69 bits per heavy atom. The summed E-state index contributed by atoms with van der Waals surface area (Å²) in [5.41, 5.74) is 9.10. The van der Waals surface area contributed by atoms with Crippen molar-refractivity contribution in [1.82, 2.24) is 4.40 Å². The van der Waals surface area contributed by atoms with Gasteiger partial charge in [0.2, 0.25) is 0 Å². The van der Waals surface area contributed by atoms with Gasteiger partial charge in [0, 0.05) is 21.5 Å². The van der Waals surface area contributed by atoms with Crippen LogP contribution in [0, 0.1) is 32.1 Å². The van der Waals surface area contributed by atoms with Crippen molar-refractivity contribution in [2.75, 3.05) is 0 Å². The number of aryl methyl sites for hydroxylation is 3. The fraction of sp³-hybridized carbons (Fsp3) is 0.148. The highest BCUT2D eigenvalue weighted by Crippen LogP contribution is 2.37. The molecule has 5 aromatic rings. The normalized spacial score (nSPS) is 12.1. The average molecular weight is 374 g/mol. The number of hydrogen-bond acceptors (Lipinski definition) is 1. The number of hydrogen-bond donors (Lipinski definition) is 0. The predicted molar refractivity (Wildman–Crippen MR) is 124 cm³/mol. The van der Waals surface area contributed by atoms with Gasteiger partial charge in [0.05, 0.1) is 28.2 Å². The van der Waals surface area contributed by atoms with E-state index in [4.69, 9.17) is 0 Å². The summed E-state index contributed by atoms with van der Waals surface area (Å²) in [7, 11) is 0. The van der Waals surface area contributed by atoms with E-state index in [9.17, 15) is 5.26 Å². The second kappa shape index (κ2) is 5.96. The summed E-state index contributed by atoms with van der Waals surface area (Å²) in [6.07, 6.45) is 4.24. The van der Waals surface area contributed by atoms with Gasteiger partial charge in [0.25, 0.3) is 0 Å². The van der Waals surface area contributed by atoms with Crippen molar-refractivity contribution in [3.8, 4) is 6.07 Å². The molecule has 140 valence electrons. The molecule has 0 aliphatic heterocycles. The van der Waals surface area contributed by atoms with Gasteiger partial charge in [0.15, 0.2) is 0 Å². The number of benzene rings is 3. The molecule has 0 bridgehead atoms. The minimum atomic E-state index is 0.680. The van der Waals surface area contributed by atoms with Gasteiger partial charge in [-0.15, -0.1) is 0 Å². The molecule has 2 aromatic heterocycles. The van der Waals surface area contributed by atoms with Crippen LogP contribution in [0.1, 0.15) is 34.7 Å². The third-order valence-electron chi connectivity index (χ3n) is 6.27. The van der Waals surface area contributed by atoms with Crippen LogP contribution in [0.5, 0.6) is 0 Å². The zero-order valence-electron chi connectivity index (χ0n) is 17.2. The molecule has 0 radical (unpaired) electrons. The van der Waals surface area contributed by atoms with Crippen molar-refractivity contribution < 1.29 is 0 Å². The van der Waals surface area contributed by atoms with Gasteiger partial charge in [0.1, 0.15) is 0 Å². The smallest absolute Gasteiger partial charge is 0.0992 e. The summed E-state index contributed by atoms with van der Waals surface area (Å²) < 4.78 is 2.36. The first-order chi connectivity index (χ1) is 14.0. The largest absolute Gasteiger partial charge is 0.308 e. The molecule has 5 rings (SSSR count). The van der Waals surface area contributed by atoms with E-state index in [1.807, 2.05) is 19.1 Å². The number of nitriles is 1. The molecule has 29 heavy (non-hydrogen) atoms. The zero-order chi connectivity index (χ0) is 20.4. The molecule has 0 saturated heterocycles. The van der Waals surface area contributed by atoms with Crippen LogP contribution >= 0.6 is 0 Å². The van der Waals surface area contributed by atoms with Gasteiger partial charge in [-0.1, -0.05) is 43.0 Å². The van der Waals surface area contributed by atoms with Crippen molar-refractivity contribution in [2.45, 2.75) is 27.7 Å². The van der Waals surface area contributed by atoms with Crippen LogP contribution in [0.3, 0.4) is 0 Å². The Hall–Kier alpha value is -3.57. The molecule has 2 heterocycles. The first kappa shape index (κ1) is 17.5. The molecule has 0 aliphatic carbocycles. The van der Waals surface area contributed by atoms with Crippen molar-refractivity contribution >= 4 is 50.7 Å². The van der Waals surface area contributed by atoms with Crippen molar-refractivity contribution in [3.63, 3.8) is 0 Å². The summed E-state index contributed by atoms with van der Waals surface area (Å²) in [6.45, 7) is 13.1. The standard InChI is InChI=1S/C27H22N2/c1-6-7-20-9-11-22-21-10-8-19(14-28)13-23(21)29-26-16(3)12-15(2)17(4)24(26)18(5)25(20)27(22)29/h6-13H,5H2,1-4H3/b7-6-. The molecule has 0 aliphatic rings. The summed E-state index contributed by atoms with van der Waals surface area (Å²) in [5.74, 6) is 0. The van der Waals surface area contributed by atoms with E-state index in [0.29, 0.717) is 5.56 Å². The molecule has 0 spiro atoms. The fourth-order valence-electron chi connectivity index (χ4n) is 4.91. The van der Waals surface area contributed by atoms with Crippen LogP contribution < -0.4 is 5.22 Å². The Morgan fingerprint density at radius 1 is 0.931 bits per heavy atom.